The average molecular weight is 236 g/mol. The standard InChI is InChI=1S/C10H14F2O4/c1-10(2)15-7-5(4-6(11)12)14-9(13-3)8(7)16-10/h4-5,7-9H,1-3H3/t5-,7-,8-,9-/m1/s1. The zero-order valence-corrected chi connectivity index (χ0v) is 9.28. The predicted octanol–water partition coefficient (Wildman–Crippen LogP) is 1.66. The molecular weight excluding hydrogens is 222 g/mol. The van der Waals surface area contributed by atoms with Gasteiger partial charge in [0.2, 0.25) is 0 Å². The molecule has 0 aromatic carbocycles. The van der Waals surface area contributed by atoms with E-state index >= 15 is 0 Å². The molecule has 0 aromatic heterocycles. The minimum absolute atomic E-state index is 0.472. The van der Waals surface area contributed by atoms with Crippen LogP contribution in [0.3, 0.4) is 0 Å². The Labute approximate surface area is 92.1 Å². The molecule has 0 amide bonds. The van der Waals surface area contributed by atoms with Crippen LogP contribution in [0.4, 0.5) is 8.78 Å². The van der Waals surface area contributed by atoms with E-state index in [1.165, 1.54) is 7.11 Å². The molecule has 2 heterocycles. The summed E-state index contributed by atoms with van der Waals surface area (Å²) in [7, 11) is 1.44. The van der Waals surface area contributed by atoms with E-state index in [-0.39, 0.29) is 0 Å². The quantitative estimate of drug-likeness (QED) is 0.730. The first-order valence-electron chi connectivity index (χ1n) is 4.99. The van der Waals surface area contributed by atoms with Crippen LogP contribution in [0.15, 0.2) is 12.2 Å². The number of halogens is 2. The van der Waals surface area contributed by atoms with Gasteiger partial charge in [-0.05, 0) is 13.8 Å². The number of hydrogen-bond acceptors (Lipinski definition) is 4. The third kappa shape index (κ3) is 2.10. The van der Waals surface area contributed by atoms with Crippen LogP contribution in [-0.2, 0) is 18.9 Å². The van der Waals surface area contributed by atoms with Crippen molar-refractivity contribution in [2.24, 2.45) is 0 Å². The van der Waals surface area contributed by atoms with Gasteiger partial charge in [-0.25, -0.2) is 0 Å². The van der Waals surface area contributed by atoms with E-state index in [0.717, 1.165) is 6.08 Å². The first-order valence-corrected chi connectivity index (χ1v) is 4.99. The Bertz CT molecular complexity index is 301. The number of ether oxygens (including phenoxy) is 4. The summed E-state index contributed by atoms with van der Waals surface area (Å²) >= 11 is 0. The molecule has 0 bridgehead atoms. The van der Waals surface area contributed by atoms with E-state index in [2.05, 4.69) is 0 Å². The molecule has 4 atom stereocenters. The summed E-state index contributed by atoms with van der Waals surface area (Å²) in [6.45, 7) is 3.45. The second-order valence-corrected chi connectivity index (χ2v) is 4.23. The van der Waals surface area contributed by atoms with Crippen molar-refractivity contribution in [3.05, 3.63) is 12.2 Å². The lowest BCUT2D eigenvalue weighted by molar-refractivity contribution is -0.221. The molecule has 0 N–H and O–H groups in total. The van der Waals surface area contributed by atoms with Gasteiger partial charge < -0.3 is 18.9 Å². The maximum atomic E-state index is 12.2. The highest BCUT2D eigenvalue weighted by Crippen LogP contribution is 2.39. The van der Waals surface area contributed by atoms with Crippen LogP contribution in [0.2, 0.25) is 0 Å². The largest absolute Gasteiger partial charge is 0.353 e. The van der Waals surface area contributed by atoms with E-state index in [0.29, 0.717) is 0 Å². The van der Waals surface area contributed by atoms with Gasteiger partial charge in [0.05, 0.1) is 0 Å². The Morgan fingerprint density at radius 2 is 1.88 bits per heavy atom. The summed E-state index contributed by atoms with van der Waals surface area (Å²) < 4.78 is 45.8. The van der Waals surface area contributed by atoms with Gasteiger partial charge in [0.25, 0.3) is 6.08 Å². The highest BCUT2D eigenvalue weighted by atomic mass is 19.3. The molecule has 92 valence electrons. The maximum Gasteiger partial charge on any atom is 0.269 e. The van der Waals surface area contributed by atoms with Gasteiger partial charge in [-0.1, -0.05) is 0 Å². The highest BCUT2D eigenvalue weighted by molar-refractivity contribution is 5.04. The molecule has 4 nitrogen and oxygen atoms in total. The molecule has 0 radical (unpaired) electrons. The summed E-state index contributed by atoms with van der Waals surface area (Å²) in [5.41, 5.74) is 0. The molecule has 6 heteroatoms. The molecule has 2 aliphatic heterocycles. The minimum atomic E-state index is -1.80. The number of rotatable bonds is 2. The molecule has 0 aliphatic carbocycles. The Hall–Kier alpha value is -0.560. The van der Waals surface area contributed by atoms with Crippen LogP contribution < -0.4 is 0 Å². The van der Waals surface area contributed by atoms with Gasteiger partial charge in [0, 0.05) is 13.2 Å². The van der Waals surface area contributed by atoms with Gasteiger partial charge in [-0.15, -0.1) is 0 Å². The molecule has 2 saturated heterocycles. The van der Waals surface area contributed by atoms with Crippen LogP contribution in [0, 0.1) is 0 Å². The highest BCUT2D eigenvalue weighted by Gasteiger charge is 2.55. The molecule has 0 spiro atoms. The SMILES string of the molecule is CO[C@@H]1O[C@H](C=C(F)F)[C@H]2OC(C)(C)O[C@@H]12. The van der Waals surface area contributed by atoms with Crippen molar-refractivity contribution in [2.45, 2.75) is 44.2 Å². The fourth-order valence-electron chi connectivity index (χ4n) is 2.04. The van der Waals surface area contributed by atoms with Crippen molar-refractivity contribution in [2.75, 3.05) is 7.11 Å². The van der Waals surface area contributed by atoms with Crippen LogP contribution in [0.25, 0.3) is 0 Å². The van der Waals surface area contributed by atoms with Crippen LogP contribution in [-0.4, -0.2) is 37.5 Å². The van der Waals surface area contributed by atoms with Crippen molar-refractivity contribution in [1.29, 1.82) is 0 Å². The lowest BCUT2D eigenvalue weighted by Crippen LogP contribution is -2.30. The third-order valence-corrected chi connectivity index (χ3v) is 2.57. The summed E-state index contributed by atoms with van der Waals surface area (Å²) in [6.07, 6.45) is -3.61. The minimum Gasteiger partial charge on any atom is -0.353 e. The van der Waals surface area contributed by atoms with Crippen molar-refractivity contribution < 1.29 is 27.7 Å². The van der Waals surface area contributed by atoms with E-state index in [1.807, 2.05) is 0 Å². The zero-order valence-electron chi connectivity index (χ0n) is 9.28. The van der Waals surface area contributed by atoms with E-state index in [1.54, 1.807) is 13.8 Å². The monoisotopic (exact) mass is 236 g/mol. The normalized spacial score (nSPS) is 40.8. The topological polar surface area (TPSA) is 36.9 Å². The van der Waals surface area contributed by atoms with Gasteiger partial charge in [0.1, 0.15) is 18.3 Å². The Balaban J connectivity index is 2.17. The molecule has 2 fully saturated rings. The van der Waals surface area contributed by atoms with Gasteiger partial charge >= 0.3 is 0 Å². The lowest BCUT2D eigenvalue weighted by atomic mass is 10.1. The maximum absolute atomic E-state index is 12.2. The second-order valence-electron chi connectivity index (χ2n) is 4.23. The van der Waals surface area contributed by atoms with E-state index in [9.17, 15) is 8.78 Å². The molecule has 16 heavy (non-hydrogen) atoms. The van der Waals surface area contributed by atoms with Gasteiger partial charge in [-0.2, -0.15) is 8.78 Å². The van der Waals surface area contributed by atoms with E-state index in [4.69, 9.17) is 18.9 Å². The number of fused-ring (bicyclic) bond motifs is 1. The third-order valence-electron chi connectivity index (χ3n) is 2.57. The van der Waals surface area contributed by atoms with Crippen LogP contribution in [0.5, 0.6) is 0 Å². The molecule has 2 aliphatic rings. The van der Waals surface area contributed by atoms with Gasteiger partial charge in [-0.3, -0.25) is 0 Å². The summed E-state index contributed by atoms with van der Waals surface area (Å²) in [5.74, 6) is -0.797. The Morgan fingerprint density at radius 1 is 1.25 bits per heavy atom. The number of methoxy groups -OCH3 is 1. The molecule has 0 saturated carbocycles. The predicted molar refractivity (Wildman–Crippen MR) is 49.8 cm³/mol. The van der Waals surface area contributed by atoms with E-state index < -0.39 is 36.5 Å². The smallest absolute Gasteiger partial charge is 0.269 e. The van der Waals surface area contributed by atoms with Crippen LogP contribution in [0.1, 0.15) is 13.8 Å². The molecular formula is C10H14F2O4. The lowest BCUT2D eigenvalue weighted by Gasteiger charge is -2.22. The van der Waals surface area contributed by atoms with Gasteiger partial charge in [0.15, 0.2) is 12.1 Å². The molecule has 0 aromatic rings. The van der Waals surface area contributed by atoms with Crippen molar-refractivity contribution in [3.63, 3.8) is 0 Å². The zero-order chi connectivity index (χ0) is 11.9. The number of hydrogen-bond donors (Lipinski definition) is 0. The molecule has 0 unspecified atom stereocenters. The fourth-order valence-corrected chi connectivity index (χ4v) is 2.04. The Kier molecular flexibility index (Phi) is 3.00. The van der Waals surface area contributed by atoms with Crippen molar-refractivity contribution in [3.8, 4) is 0 Å². The van der Waals surface area contributed by atoms with Crippen molar-refractivity contribution >= 4 is 0 Å². The average Bonchev–Trinajstić information content (AvgIpc) is 2.60. The second kappa shape index (κ2) is 4.03. The summed E-state index contributed by atoms with van der Waals surface area (Å²) in [6, 6.07) is 0. The first kappa shape index (κ1) is 11.9. The van der Waals surface area contributed by atoms with Crippen LogP contribution >= 0.6 is 0 Å². The van der Waals surface area contributed by atoms with Crippen molar-refractivity contribution in [1.82, 2.24) is 0 Å². The summed E-state index contributed by atoms with van der Waals surface area (Å²) in [5, 5.41) is 0. The first-order chi connectivity index (χ1) is 7.43. The fraction of sp³-hybridized carbons (Fsp3) is 0.800. The molecule has 2 rings (SSSR count). The summed E-state index contributed by atoms with van der Waals surface area (Å²) in [4.78, 5) is 0. The Morgan fingerprint density at radius 3 is 2.44 bits per heavy atom.